The van der Waals surface area contributed by atoms with Gasteiger partial charge < -0.3 is 19.0 Å². The number of furan rings is 1. The maximum absolute atomic E-state index is 12.9. The Morgan fingerprint density at radius 2 is 2.16 bits per heavy atom. The van der Waals surface area contributed by atoms with E-state index >= 15 is 0 Å². The monoisotopic (exact) mass is 368 g/mol. The molecule has 2 amide bonds. The van der Waals surface area contributed by atoms with E-state index in [2.05, 4.69) is 0 Å². The van der Waals surface area contributed by atoms with Crippen molar-refractivity contribution >= 4 is 23.4 Å². The molecule has 2 unspecified atom stereocenters. The summed E-state index contributed by atoms with van der Waals surface area (Å²) >= 11 is 5.96. The summed E-state index contributed by atoms with van der Waals surface area (Å²) in [7, 11) is 0. The molecule has 7 heteroatoms. The lowest BCUT2D eigenvalue weighted by Gasteiger charge is -2.29. The molecule has 3 rings (SSSR count). The van der Waals surface area contributed by atoms with Crippen LogP contribution in [0.5, 0.6) is 0 Å². The zero-order valence-electron chi connectivity index (χ0n) is 14.5. The van der Waals surface area contributed by atoms with E-state index in [9.17, 15) is 9.59 Å². The number of amides is 2. The number of hydrogen-bond donors (Lipinski definition) is 0. The van der Waals surface area contributed by atoms with Gasteiger partial charge in [-0.3, -0.25) is 9.59 Å². The number of nitrogens with zero attached hydrogens (tertiary/aromatic N) is 2. The Kier molecular flexibility index (Phi) is 6.02. The molecule has 2 heterocycles. The van der Waals surface area contributed by atoms with Gasteiger partial charge in [0.25, 0.3) is 0 Å². The van der Waals surface area contributed by atoms with Crippen molar-refractivity contribution in [1.29, 1.82) is 0 Å². The minimum Gasteiger partial charge on any atom is -0.467 e. The van der Waals surface area contributed by atoms with Crippen LogP contribution in [0.1, 0.15) is 38.4 Å². The summed E-state index contributed by atoms with van der Waals surface area (Å²) in [4.78, 5) is 28.6. The lowest BCUT2D eigenvalue weighted by Crippen LogP contribution is -2.47. The maximum atomic E-state index is 12.9. The van der Waals surface area contributed by atoms with Gasteiger partial charge in [0.15, 0.2) is 0 Å². The molecule has 0 N–H and O–H groups in total. The van der Waals surface area contributed by atoms with Crippen molar-refractivity contribution in [2.75, 3.05) is 19.7 Å². The van der Waals surface area contributed by atoms with Crippen molar-refractivity contribution in [3.63, 3.8) is 0 Å². The fourth-order valence-corrected chi connectivity index (χ4v) is 3.25. The van der Waals surface area contributed by atoms with Gasteiger partial charge in [-0.2, -0.15) is 0 Å². The van der Waals surface area contributed by atoms with Gasteiger partial charge in [0.05, 0.1) is 18.9 Å². The van der Waals surface area contributed by atoms with Crippen molar-refractivity contribution in [1.82, 2.24) is 9.80 Å². The van der Waals surface area contributed by atoms with Gasteiger partial charge in [-0.1, -0.05) is 0 Å². The van der Waals surface area contributed by atoms with Crippen LogP contribution in [0.2, 0.25) is 0 Å². The molecule has 2 aliphatic rings. The molecule has 0 spiro atoms. The fourth-order valence-electron chi connectivity index (χ4n) is 3.13. The third-order valence-corrected chi connectivity index (χ3v) is 4.83. The first-order chi connectivity index (χ1) is 12.0. The third kappa shape index (κ3) is 4.98. The van der Waals surface area contributed by atoms with Crippen molar-refractivity contribution in [2.45, 2.75) is 56.7 Å². The smallest absolute Gasteiger partial charge is 0.242 e. The van der Waals surface area contributed by atoms with Crippen LogP contribution in [0, 0.1) is 0 Å². The van der Waals surface area contributed by atoms with Gasteiger partial charge in [-0.25, -0.2) is 0 Å². The molecule has 0 aromatic carbocycles. The van der Waals surface area contributed by atoms with Crippen molar-refractivity contribution in [3.8, 4) is 0 Å². The van der Waals surface area contributed by atoms with Crippen molar-refractivity contribution < 1.29 is 18.7 Å². The normalized spacial score (nSPS) is 21.1. The molecule has 1 aromatic heterocycles. The van der Waals surface area contributed by atoms with Crippen LogP contribution in [0.4, 0.5) is 0 Å². The Morgan fingerprint density at radius 1 is 1.36 bits per heavy atom. The van der Waals surface area contributed by atoms with Gasteiger partial charge in [0.2, 0.25) is 11.8 Å². The van der Waals surface area contributed by atoms with Crippen LogP contribution in [0.15, 0.2) is 22.8 Å². The predicted molar refractivity (Wildman–Crippen MR) is 93.1 cm³/mol. The summed E-state index contributed by atoms with van der Waals surface area (Å²) in [5.41, 5.74) is 0. The zero-order chi connectivity index (χ0) is 17.8. The molecule has 1 aromatic rings. The molecular weight excluding hydrogens is 344 g/mol. The first-order valence-corrected chi connectivity index (χ1v) is 9.34. The number of carbonyl (C=O) groups excluding carboxylic acids is 2. The number of ether oxygens (including phenoxy) is 1. The Labute approximate surface area is 153 Å². The Bertz CT molecular complexity index is 580. The molecular formula is C18H25ClN2O4. The van der Waals surface area contributed by atoms with Crippen LogP contribution in [0.3, 0.4) is 0 Å². The van der Waals surface area contributed by atoms with Crippen LogP contribution in [-0.4, -0.2) is 58.8 Å². The van der Waals surface area contributed by atoms with Crippen LogP contribution in [0.25, 0.3) is 0 Å². The highest BCUT2D eigenvalue weighted by Gasteiger charge is 2.36. The molecule has 25 heavy (non-hydrogen) atoms. The van der Waals surface area contributed by atoms with Crippen LogP contribution < -0.4 is 0 Å². The van der Waals surface area contributed by atoms with Gasteiger partial charge in [-0.15, -0.1) is 11.6 Å². The van der Waals surface area contributed by atoms with Crippen LogP contribution in [-0.2, 0) is 20.9 Å². The van der Waals surface area contributed by atoms with E-state index in [1.54, 1.807) is 29.1 Å². The highest BCUT2D eigenvalue weighted by Crippen LogP contribution is 2.28. The second-order valence-electron chi connectivity index (χ2n) is 6.80. The average Bonchev–Trinajstić information content (AvgIpc) is 3.07. The van der Waals surface area contributed by atoms with E-state index in [0.29, 0.717) is 13.1 Å². The largest absolute Gasteiger partial charge is 0.467 e. The summed E-state index contributed by atoms with van der Waals surface area (Å²) in [6, 6.07) is 3.80. The molecule has 1 aliphatic heterocycles. The summed E-state index contributed by atoms with van der Waals surface area (Å²) in [5.74, 6) is 0.457. The highest BCUT2D eigenvalue weighted by molar-refractivity contribution is 6.30. The van der Waals surface area contributed by atoms with E-state index in [1.807, 2.05) is 6.07 Å². The fraction of sp³-hybridized carbons (Fsp3) is 0.667. The quantitative estimate of drug-likeness (QED) is 0.661. The lowest BCUT2D eigenvalue weighted by molar-refractivity contribution is -0.142. The molecule has 0 bridgehead atoms. The van der Waals surface area contributed by atoms with E-state index in [-0.39, 0.29) is 30.5 Å². The number of hydrogen-bond acceptors (Lipinski definition) is 4. The lowest BCUT2D eigenvalue weighted by atomic mass is 10.2. The molecule has 1 aliphatic carbocycles. The summed E-state index contributed by atoms with van der Waals surface area (Å²) < 4.78 is 11.1. The molecule has 2 atom stereocenters. The number of carbonyl (C=O) groups is 2. The van der Waals surface area contributed by atoms with Gasteiger partial charge >= 0.3 is 0 Å². The van der Waals surface area contributed by atoms with Crippen molar-refractivity contribution in [3.05, 3.63) is 24.2 Å². The number of rotatable bonds is 8. The SMILES string of the molecule is CC(Cl)C(=O)N(CC(=O)N(Cc1ccco1)CC1CCCO1)C1CC1. The average molecular weight is 369 g/mol. The summed E-state index contributed by atoms with van der Waals surface area (Å²) in [5, 5.41) is -0.620. The Balaban J connectivity index is 1.67. The first kappa shape index (κ1) is 18.3. The summed E-state index contributed by atoms with van der Waals surface area (Å²) in [6.07, 6.45) is 5.49. The number of alkyl halides is 1. The van der Waals surface area contributed by atoms with E-state index < -0.39 is 5.38 Å². The standard InChI is InChI=1S/C18H25ClN2O4/c1-13(19)18(23)21(14-6-7-14)12-17(22)20(10-15-4-2-8-24-15)11-16-5-3-9-25-16/h2,4,8,13-14,16H,3,5-7,9-12H2,1H3. The van der Waals surface area contributed by atoms with E-state index in [1.165, 1.54) is 0 Å². The first-order valence-electron chi connectivity index (χ1n) is 8.91. The maximum Gasteiger partial charge on any atom is 0.242 e. The third-order valence-electron chi connectivity index (χ3n) is 4.64. The predicted octanol–water partition coefficient (Wildman–Crippen LogP) is 2.41. The molecule has 0 radical (unpaired) electrons. The minimum atomic E-state index is -0.620. The molecule has 138 valence electrons. The molecule has 1 saturated carbocycles. The number of halogens is 1. The van der Waals surface area contributed by atoms with E-state index in [0.717, 1.165) is 38.1 Å². The van der Waals surface area contributed by atoms with Gasteiger partial charge in [0, 0.05) is 19.2 Å². The second-order valence-corrected chi connectivity index (χ2v) is 7.46. The second kappa shape index (κ2) is 8.23. The van der Waals surface area contributed by atoms with E-state index in [4.69, 9.17) is 20.8 Å². The Morgan fingerprint density at radius 3 is 2.72 bits per heavy atom. The Hall–Kier alpha value is -1.53. The molecule has 6 nitrogen and oxygen atoms in total. The highest BCUT2D eigenvalue weighted by atomic mass is 35.5. The van der Waals surface area contributed by atoms with Gasteiger partial charge in [0.1, 0.15) is 17.7 Å². The van der Waals surface area contributed by atoms with Gasteiger partial charge in [-0.05, 0) is 44.7 Å². The summed E-state index contributed by atoms with van der Waals surface area (Å²) in [6.45, 7) is 3.35. The van der Waals surface area contributed by atoms with Crippen molar-refractivity contribution in [2.24, 2.45) is 0 Å². The molecule has 1 saturated heterocycles. The zero-order valence-corrected chi connectivity index (χ0v) is 15.3. The topological polar surface area (TPSA) is 63.0 Å². The van der Waals surface area contributed by atoms with Crippen LogP contribution >= 0.6 is 11.6 Å². The molecule has 2 fully saturated rings. The minimum absolute atomic E-state index is 0.0518.